The molecule has 3 rings (SSSR count). The van der Waals surface area contributed by atoms with Gasteiger partial charge in [0.1, 0.15) is 0 Å². The number of amides is 1. The zero-order valence-electron chi connectivity index (χ0n) is 15.9. The smallest absolute Gasteiger partial charge is 0.253 e. The minimum absolute atomic E-state index is 0.0698. The van der Waals surface area contributed by atoms with Gasteiger partial charge in [0.25, 0.3) is 5.91 Å². The molecule has 0 radical (unpaired) electrons. The van der Waals surface area contributed by atoms with E-state index in [1.165, 1.54) is 0 Å². The van der Waals surface area contributed by atoms with E-state index >= 15 is 0 Å². The van der Waals surface area contributed by atoms with Gasteiger partial charge in [-0.25, -0.2) is 0 Å². The molecule has 27 heavy (non-hydrogen) atoms. The molecular weight excluding hydrogens is 376 g/mol. The highest BCUT2D eigenvalue weighted by Crippen LogP contribution is 2.28. The van der Waals surface area contributed by atoms with E-state index in [2.05, 4.69) is 46.1 Å². The monoisotopic (exact) mass is 400 g/mol. The minimum Gasteiger partial charge on any atom is -0.342 e. The van der Waals surface area contributed by atoms with Crippen molar-refractivity contribution in [3.05, 3.63) is 52.9 Å². The van der Waals surface area contributed by atoms with E-state index in [1.807, 2.05) is 31.3 Å². The van der Waals surface area contributed by atoms with Crippen molar-refractivity contribution < 1.29 is 4.79 Å². The fourth-order valence-corrected chi connectivity index (χ4v) is 4.53. The predicted octanol–water partition coefficient (Wildman–Crippen LogP) is 4.80. The molecule has 2 heterocycles. The number of carbonyl (C=O) groups is 1. The Morgan fingerprint density at radius 3 is 2.78 bits per heavy atom. The Bertz CT molecular complexity index is 889. The largest absolute Gasteiger partial charge is 0.342 e. The van der Waals surface area contributed by atoms with E-state index in [-0.39, 0.29) is 5.91 Å². The average Bonchev–Trinajstić information content (AvgIpc) is 3.35. The van der Waals surface area contributed by atoms with Crippen molar-refractivity contribution in [1.82, 2.24) is 19.7 Å². The van der Waals surface area contributed by atoms with Gasteiger partial charge in [-0.05, 0) is 42.5 Å². The maximum atomic E-state index is 12.5. The second kappa shape index (κ2) is 9.19. The van der Waals surface area contributed by atoms with Crippen LogP contribution in [-0.2, 0) is 12.3 Å². The summed E-state index contributed by atoms with van der Waals surface area (Å²) in [6.07, 6.45) is 0.955. The van der Waals surface area contributed by atoms with E-state index in [4.69, 9.17) is 0 Å². The molecule has 142 valence electrons. The van der Waals surface area contributed by atoms with Crippen molar-refractivity contribution >= 4 is 29.0 Å². The molecule has 0 N–H and O–H groups in total. The highest BCUT2D eigenvalue weighted by atomic mass is 32.2. The summed E-state index contributed by atoms with van der Waals surface area (Å²) in [4.78, 5) is 15.4. The molecule has 0 saturated heterocycles. The second-order valence-corrected chi connectivity index (χ2v) is 8.13. The summed E-state index contributed by atoms with van der Waals surface area (Å²) >= 11 is 3.32. The van der Waals surface area contributed by atoms with Crippen LogP contribution in [0.15, 0.2) is 46.9 Å². The molecule has 0 aliphatic rings. The molecule has 0 saturated carbocycles. The SMILES string of the molecule is CCCN(C)C(=O)c1cccc(CSc2nnc(-c3cccs3)n2CC)c1. The lowest BCUT2D eigenvalue weighted by Crippen LogP contribution is -2.27. The molecule has 5 nitrogen and oxygen atoms in total. The van der Waals surface area contributed by atoms with E-state index in [0.29, 0.717) is 0 Å². The lowest BCUT2D eigenvalue weighted by Gasteiger charge is -2.16. The standard InChI is InChI=1S/C20H24N4OS2/c1-4-11-23(3)19(25)16-9-6-8-15(13-16)14-27-20-22-21-18(24(20)5-2)17-10-7-12-26-17/h6-10,12-13H,4-5,11,14H2,1-3H3. The summed E-state index contributed by atoms with van der Waals surface area (Å²) in [5.41, 5.74) is 1.85. The first kappa shape index (κ1) is 19.6. The van der Waals surface area contributed by atoms with Crippen LogP contribution in [0.4, 0.5) is 0 Å². The molecule has 1 amide bonds. The molecular formula is C20H24N4OS2. The molecule has 0 atom stereocenters. The summed E-state index contributed by atoms with van der Waals surface area (Å²) in [5, 5.41) is 11.7. The van der Waals surface area contributed by atoms with Crippen molar-refractivity contribution in [3.8, 4) is 10.7 Å². The maximum absolute atomic E-state index is 12.5. The number of carbonyl (C=O) groups excluding carboxylic acids is 1. The van der Waals surface area contributed by atoms with Crippen LogP contribution < -0.4 is 0 Å². The fourth-order valence-electron chi connectivity index (χ4n) is 2.87. The van der Waals surface area contributed by atoms with Gasteiger partial charge in [-0.1, -0.05) is 36.9 Å². The van der Waals surface area contributed by atoms with Crippen LogP contribution >= 0.6 is 23.1 Å². The molecule has 0 bridgehead atoms. The third-order valence-corrected chi connectivity index (χ3v) is 6.13. The van der Waals surface area contributed by atoms with Crippen LogP contribution in [0.3, 0.4) is 0 Å². The van der Waals surface area contributed by atoms with Gasteiger partial charge in [0.05, 0.1) is 4.88 Å². The molecule has 0 aliphatic carbocycles. The van der Waals surface area contributed by atoms with Crippen molar-refractivity contribution in [2.45, 2.75) is 37.7 Å². The third kappa shape index (κ3) is 4.59. The summed E-state index contributed by atoms with van der Waals surface area (Å²) < 4.78 is 2.14. The van der Waals surface area contributed by atoms with Crippen molar-refractivity contribution in [1.29, 1.82) is 0 Å². The van der Waals surface area contributed by atoms with E-state index in [1.54, 1.807) is 28.0 Å². The highest BCUT2D eigenvalue weighted by Gasteiger charge is 2.15. The number of hydrogen-bond donors (Lipinski definition) is 0. The second-order valence-electron chi connectivity index (χ2n) is 6.24. The Morgan fingerprint density at radius 1 is 1.22 bits per heavy atom. The predicted molar refractivity (Wildman–Crippen MR) is 112 cm³/mol. The number of thioether (sulfide) groups is 1. The molecule has 3 aromatic rings. The lowest BCUT2D eigenvalue weighted by molar-refractivity contribution is 0.0795. The third-order valence-electron chi connectivity index (χ3n) is 4.22. The first-order valence-corrected chi connectivity index (χ1v) is 10.9. The van der Waals surface area contributed by atoms with Gasteiger partial charge in [0.2, 0.25) is 0 Å². The van der Waals surface area contributed by atoms with Gasteiger partial charge in [-0.2, -0.15) is 0 Å². The Kier molecular flexibility index (Phi) is 6.68. The maximum Gasteiger partial charge on any atom is 0.253 e. The highest BCUT2D eigenvalue weighted by molar-refractivity contribution is 7.98. The zero-order chi connectivity index (χ0) is 19.2. The van der Waals surface area contributed by atoms with Gasteiger partial charge in [-0.3, -0.25) is 4.79 Å². The number of rotatable bonds is 8. The number of hydrogen-bond acceptors (Lipinski definition) is 5. The van der Waals surface area contributed by atoms with Gasteiger partial charge >= 0.3 is 0 Å². The molecule has 7 heteroatoms. The number of nitrogens with zero attached hydrogens (tertiary/aromatic N) is 4. The minimum atomic E-state index is 0.0698. The average molecular weight is 401 g/mol. The first-order valence-electron chi connectivity index (χ1n) is 9.08. The Labute approximate surface area is 168 Å². The van der Waals surface area contributed by atoms with Gasteiger partial charge in [0, 0.05) is 31.5 Å². The van der Waals surface area contributed by atoms with Crippen LogP contribution in [0.25, 0.3) is 10.7 Å². The Balaban J connectivity index is 1.72. The van der Waals surface area contributed by atoms with Gasteiger partial charge in [-0.15, -0.1) is 21.5 Å². The van der Waals surface area contributed by atoms with Crippen LogP contribution in [0, 0.1) is 0 Å². The molecule has 0 aliphatic heterocycles. The quantitative estimate of drug-likeness (QED) is 0.510. The molecule has 1 aromatic carbocycles. The van der Waals surface area contributed by atoms with E-state index in [0.717, 1.165) is 52.2 Å². The van der Waals surface area contributed by atoms with Gasteiger partial charge in [0.15, 0.2) is 11.0 Å². The molecule has 0 unspecified atom stereocenters. The molecule has 0 spiro atoms. The first-order chi connectivity index (χ1) is 13.1. The van der Waals surface area contributed by atoms with Crippen LogP contribution in [-0.4, -0.2) is 39.2 Å². The van der Waals surface area contributed by atoms with Crippen LogP contribution in [0.2, 0.25) is 0 Å². The number of benzene rings is 1. The number of aromatic nitrogens is 3. The topological polar surface area (TPSA) is 51.0 Å². The van der Waals surface area contributed by atoms with Crippen molar-refractivity contribution in [3.63, 3.8) is 0 Å². The summed E-state index contributed by atoms with van der Waals surface area (Å²) in [5.74, 6) is 1.74. The van der Waals surface area contributed by atoms with Gasteiger partial charge < -0.3 is 9.47 Å². The van der Waals surface area contributed by atoms with Crippen molar-refractivity contribution in [2.75, 3.05) is 13.6 Å². The zero-order valence-corrected chi connectivity index (χ0v) is 17.5. The molecule has 2 aromatic heterocycles. The van der Waals surface area contributed by atoms with Crippen LogP contribution in [0.5, 0.6) is 0 Å². The van der Waals surface area contributed by atoms with Crippen LogP contribution in [0.1, 0.15) is 36.2 Å². The summed E-state index contributed by atoms with van der Waals surface area (Å²) in [7, 11) is 1.85. The summed E-state index contributed by atoms with van der Waals surface area (Å²) in [6, 6.07) is 12.0. The molecule has 0 fully saturated rings. The fraction of sp³-hybridized carbons (Fsp3) is 0.350. The van der Waals surface area contributed by atoms with E-state index in [9.17, 15) is 4.79 Å². The lowest BCUT2D eigenvalue weighted by atomic mass is 10.1. The normalized spacial score (nSPS) is 10.9. The Hall–Kier alpha value is -2.12. The summed E-state index contributed by atoms with van der Waals surface area (Å²) in [6.45, 7) is 5.77. The Morgan fingerprint density at radius 2 is 2.07 bits per heavy atom. The van der Waals surface area contributed by atoms with E-state index < -0.39 is 0 Å². The number of thiophene rings is 1. The van der Waals surface area contributed by atoms with Crippen molar-refractivity contribution in [2.24, 2.45) is 0 Å².